The summed E-state index contributed by atoms with van der Waals surface area (Å²) in [4.78, 5) is 30.0. The van der Waals surface area contributed by atoms with Gasteiger partial charge in [-0.15, -0.1) is 0 Å². The average Bonchev–Trinajstić information content (AvgIpc) is 2.85. The van der Waals surface area contributed by atoms with Crippen LogP contribution in [0.1, 0.15) is 17.2 Å². The Balaban J connectivity index is 1.96. The minimum Gasteiger partial charge on any atom is -0.479 e. The van der Waals surface area contributed by atoms with Crippen molar-refractivity contribution in [1.82, 2.24) is 9.88 Å². The summed E-state index contributed by atoms with van der Waals surface area (Å²) in [7, 11) is 0. The van der Waals surface area contributed by atoms with E-state index in [1.807, 2.05) is 6.07 Å². The number of rotatable bonds is 4. The first kappa shape index (κ1) is 16.4. The highest BCUT2D eigenvalue weighted by Gasteiger charge is 2.41. The van der Waals surface area contributed by atoms with Crippen LogP contribution in [-0.2, 0) is 9.59 Å². The summed E-state index contributed by atoms with van der Waals surface area (Å²) in [5.74, 6) is -1.54. The number of pyridine rings is 1. The third-order valence-corrected chi connectivity index (χ3v) is 4.74. The molecule has 1 saturated heterocycles. The largest absolute Gasteiger partial charge is 0.479 e. The second-order valence-corrected chi connectivity index (χ2v) is 6.67. The first-order chi connectivity index (χ1) is 11.6. The monoisotopic (exact) mass is 356 g/mol. The number of thiocarbonyl (C=S) groups is 1. The molecule has 24 heavy (non-hydrogen) atoms. The van der Waals surface area contributed by atoms with Gasteiger partial charge in [-0.05, 0) is 23.3 Å². The van der Waals surface area contributed by atoms with E-state index in [2.05, 4.69) is 4.98 Å². The Morgan fingerprint density at radius 1 is 1.25 bits per heavy atom. The molecule has 1 unspecified atom stereocenters. The number of aliphatic carboxylic acids is 1. The normalized spacial score (nSPS) is 17.3. The molecule has 0 bridgehead atoms. The van der Waals surface area contributed by atoms with Crippen LogP contribution in [0.5, 0.6) is 0 Å². The molecule has 1 aliphatic rings. The standard InChI is InChI=1S/C17H12N2O3S2/c20-15-13(9-11-5-4-8-18-10-11)24-17(23)19(15)14(16(21)22)12-6-2-1-3-7-12/h1-10,14H,(H,21,22)/b13-9+. The fourth-order valence-corrected chi connectivity index (χ4v) is 3.67. The lowest BCUT2D eigenvalue weighted by molar-refractivity contribution is -0.145. The maximum atomic E-state index is 12.7. The van der Waals surface area contributed by atoms with Crippen molar-refractivity contribution in [2.24, 2.45) is 0 Å². The molecule has 1 aromatic carbocycles. The zero-order valence-electron chi connectivity index (χ0n) is 12.3. The lowest BCUT2D eigenvalue weighted by Crippen LogP contribution is -2.37. The van der Waals surface area contributed by atoms with Crippen LogP contribution >= 0.6 is 24.0 Å². The van der Waals surface area contributed by atoms with E-state index >= 15 is 0 Å². The summed E-state index contributed by atoms with van der Waals surface area (Å²) in [5.41, 5.74) is 1.26. The zero-order chi connectivity index (χ0) is 17.1. The van der Waals surface area contributed by atoms with Gasteiger partial charge in [0.1, 0.15) is 4.32 Å². The Morgan fingerprint density at radius 3 is 2.62 bits per heavy atom. The molecule has 0 spiro atoms. The Bertz CT molecular complexity index is 822. The second-order valence-electron chi connectivity index (χ2n) is 4.99. The highest BCUT2D eigenvalue weighted by atomic mass is 32.2. The van der Waals surface area contributed by atoms with Gasteiger partial charge in [0.05, 0.1) is 4.91 Å². The second kappa shape index (κ2) is 6.94. The van der Waals surface area contributed by atoms with E-state index in [4.69, 9.17) is 12.2 Å². The van der Waals surface area contributed by atoms with Gasteiger partial charge < -0.3 is 5.11 Å². The van der Waals surface area contributed by atoms with E-state index in [0.29, 0.717) is 10.5 Å². The van der Waals surface area contributed by atoms with Gasteiger partial charge in [-0.3, -0.25) is 14.7 Å². The number of carboxylic acid groups (broad SMARTS) is 1. The van der Waals surface area contributed by atoms with E-state index in [9.17, 15) is 14.7 Å². The molecule has 1 amide bonds. The van der Waals surface area contributed by atoms with E-state index in [-0.39, 0.29) is 4.32 Å². The van der Waals surface area contributed by atoms with Crippen molar-refractivity contribution in [3.8, 4) is 0 Å². The maximum absolute atomic E-state index is 12.7. The average molecular weight is 356 g/mol. The third-order valence-electron chi connectivity index (χ3n) is 3.41. The van der Waals surface area contributed by atoms with E-state index in [1.54, 1.807) is 54.9 Å². The number of carbonyl (C=O) groups is 2. The molecular weight excluding hydrogens is 344 g/mol. The number of thioether (sulfide) groups is 1. The SMILES string of the molecule is O=C(O)C(c1ccccc1)N1C(=O)/C(=C\c2cccnc2)SC1=S. The Morgan fingerprint density at radius 2 is 2.00 bits per heavy atom. The highest BCUT2D eigenvalue weighted by Crippen LogP contribution is 2.38. The lowest BCUT2D eigenvalue weighted by atomic mass is 10.1. The van der Waals surface area contributed by atoms with E-state index < -0.39 is 17.9 Å². The van der Waals surface area contributed by atoms with Gasteiger partial charge >= 0.3 is 5.97 Å². The molecule has 5 nitrogen and oxygen atoms in total. The van der Waals surface area contributed by atoms with Crippen molar-refractivity contribution in [2.75, 3.05) is 0 Å². The van der Waals surface area contributed by atoms with Gasteiger partial charge in [-0.1, -0.05) is 60.4 Å². The smallest absolute Gasteiger partial charge is 0.331 e. The highest BCUT2D eigenvalue weighted by molar-refractivity contribution is 8.26. The Labute approximate surface area is 148 Å². The van der Waals surface area contributed by atoms with E-state index in [0.717, 1.165) is 22.2 Å². The number of aromatic nitrogens is 1. The number of amides is 1. The van der Waals surface area contributed by atoms with Crippen LogP contribution in [0.4, 0.5) is 0 Å². The molecule has 1 atom stereocenters. The minimum absolute atomic E-state index is 0.228. The van der Waals surface area contributed by atoms with Crippen LogP contribution in [-0.4, -0.2) is 31.2 Å². The molecule has 7 heteroatoms. The number of hydrogen-bond donors (Lipinski definition) is 1. The molecule has 1 fully saturated rings. The van der Waals surface area contributed by atoms with Crippen LogP contribution in [0.15, 0.2) is 59.8 Å². The fraction of sp³-hybridized carbons (Fsp3) is 0.0588. The molecule has 3 rings (SSSR count). The van der Waals surface area contributed by atoms with Gasteiger partial charge in [-0.25, -0.2) is 4.79 Å². The number of hydrogen-bond acceptors (Lipinski definition) is 5. The summed E-state index contributed by atoms with van der Waals surface area (Å²) < 4.78 is 0.228. The van der Waals surface area contributed by atoms with Crippen molar-refractivity contribution < 1.29 is 14.7 Å². The van der Waals surface area contributed by atoms with Crippen LogP contribution in [0.25, 0.3) is 6.08 Å². The van der Waals surface area contributed by atoms with Crippen LogP contribution in [0, 0.1) is 0 Å². The number of carbonyl (C=O) groups excluding carboxylic acids is 1. The number of carboxylic acids is 1. The van der Waals surface area contributed by atoms with Crippen molar-refractivity contribution in [3.63, 3.8) is 0 Å². The van der Waals surface area contributed by atoms with Crippen molar-refractivity contribution in [3.05, 3.63) is 70.9 Å². The van der Waals surface area contributed by atoms with Gasteiger partial charge in [0.2, 0.25) is 0 Å². The zero-order valence-corrected chi connectivity index (χ0v) is 14.0. The molecular formula is C17H12N2O3S2. The van der Waals surface area contributed by atoms with Crippen LogP contribution < -0.4 is 0 Å². The maximum Gasteiger partial charge on any atom is 0.331 e. The van der Waals surface area contributed by atoms with Gasteiger partial charge in [-0.2, -0.15) is 0 Å². The molecule has 0 saturated carbocycles. The quantitative estimate of drug-likeness (QED) is 0.670. The molecule has 1 N–H and O–H groups in total. The third kappa shape index (κ3) is 3.22. The van der Waals surface area contributed by atoms with Crippen LogP contribution in [0.3, 0.4) is 0 Å². The first-order valence-electron chi connectivity index (χ1n) is 7.03. The number of nitrogens with zero attached hydrogens (tertiary/aromatic N) is 2. The number of benzene rings is 1. The molecule has 2 aromatic rings. The van der Waals surface area contributed by atoms with Crippen molar-refractivity contribution >= 4 is 46.3 Å². The van der Waals surface area contributed by atoms with Gasteiger partial charge in [0, 0.05) is 12.4 Å². The van der Waals surface area contributed by atoms with E-state index in [1.165, 1.54) is 0 Å². The molecule has 0 radical (unpaired) electrons. The molecule has 1 aromatic heterocycles. The molecule has 1 aliphatic heterocycles. The Hall–Kier alpha value is -2.51. The van der Waals surface area contributed by atoms with Crippen LogP contribution in [0.2, 0.25) is 0 Å². The summed E-state index contributed by atoms with van der Waals surface area (Å²) >= 11 is 6.35. The molecule has 2 heterocycles. The topological polar surface area (TPSA) is 70.5 Å². The predicted molar refractivity (Wildman–Crippen MR) is 96.1 cm³/mol. The summed E-state index contributed by atoms with van der Waals surface area (Å²) in [6, 6.07) is 11.0. The lowest BCUT2D eigenvalue weighted by Gasteiger charge is -2.23. The fourth-order valence-electron chi connectivity index (χ4n) is 2.35. The van der Waals surface area contributed by atoms with Crippen molar-refractivity contribution in [1.29, 1.82) is 0 Å². The summed E-state index contributed by atoms with van der Waals surface area (Å²) in [6.07, 6.45) is 4.92. The predicted octanol–water partition coefficient (Wildman–Crippen LogP) is 3.11. The molecule has 0 aliphatic carbocycles. The minimum atomic E-state index is -1.14. The molecule has 120 valence electrons. The van der Waals surface area contributed by atoms with Crippen molar-refractivity contribution in [2.45, 2.75) is 6.04 Å². The summed E-state index contributed by atoms with van der Waals surface area (Å²) in [5, 5.41) is 9.61. The van der Waals surface area contributed by atoms with Gasteiger partial charge in [0.15, 0.2) is 6.04 Å². The first-order valence-corrected chi connectivity index (χ1v) is 8.25. The summed E-state index contributed by atoms with van der Waals surface area (Å²) in [6.45, 7) is 0. The Kier molecular flexibility index (Phi) is 4.73. The van der Waals surface area contributed by atoms with Gasteiger partial charge in [0.25, 0.3) is 5.91 Å².